The number of aryl methyl sites for hydroxylation is 1. The summed E-state index contributed by atoms with van der Waals surface area (Å²) in [6.45, 7) is 5.07. The van der Waals surface area contributed by atoms with Crippen LogP contribution in [-0.2, 0) is 13.0 Å². The molecule has 1 aromatic carbocycles. The van der Waals surface area contributed by atoms with Gasteiger partial charge in [0.15, 0.2) is 0 Å². The molecule has 2 nitrogen and oxygen atoms in total. The van der Waals surface area contributed by atoms with Crippen molar-refractivity contribution in [2.24, 2.45) is 5.73 Å². The lowest BCUT2D eigenvalue weighted by Gasteiger charge is -2.06. The van der Waals surface area contributed by atoms with Crippen LogP contribution in [0.25, 0.3) is 0 Å². The highest BCUT2D eigenvalue weighted by Crippen LogP contribution is 2.07. The van der Waals surface area contributed by atoms with Gasteiger partial charge in [-0.25, -0.2) is 0 Å². The van der Waals surface area contributed by atoms with Crippen molar-refractivity contribution < 1.29 is 0 Å². The van der Waals surface area contributed by atoms with E-state index in [1.54, 1.807) is 0 Å². The molecule has 0 radical (unpaired) electrons. The van der Waals surface area contributed by atoms with Gasteiger partial charge in [-0.3, -0.25) is 0 Å². The van der Waals surface area contributed by atoms with Crippen LogP contribution in [0.3, 0.4) is 0 Å². The quantitative estimate of drug-likeness (QED) is 0.645. The summed E-state index contributed by atoms with van der Waals surface area (Å²) in [5.41, 5.74) is 8.28. The summed E-state index contributed by atoms with van der Waals surface area (Å²) in [6, 6.07) is 8.99. The number of nitrogens with two attached hydrogens (primary N) is 1. The van der Waals surface area contributed by atoms with Gasteiger partial charge in [-0.05, 0) is 49.9 Å². The van der Waals surface area contributed by atoms with E-state index >= 15 is 0 Å². The molecule has 17 heavy (non-hydrogen) atoms. The van der Waals surface area contributed by atoms with E-state index in [0.717, 1.165) is 26.1 Å². The highest BCUT2D eigenvalue weighted by molar-refractivity contribution is 5.22. The van der Waals surface area contributed by atoms with Crippen LogP contribution in [0.4, 0.5) is 0 Å². The van der Waals surface area contributed by atoms with Crippen molar-refractivity contribution in [3.63, 3.8) is 0 Å². The largest absolute Gasteiger partial charge is 0.330 e. The predicted molar refractivity (Wildman–Crippen MR) is 75.0 cm³/mol. The fraction of sp³-hybridized carbons (Fsp3) is 0.600. The zero-order valence-corrected chi connectivity index (χ0v) is 11.0. The molecule has 0 atom stereocenters. The van der Waals surface area contributed by atoms with Crippen LogP contribution in [0.5, 0.6) is 0 Å². The Labute approximate surface area is 106 Å². The Hall–Kier alpha value is -0.860. The van der Waals surface area contributed by atoms with E-state index in [1.165, 1.54) is 36.8 Å². The van der Waals surface area contributed by atoms with Crippen LogP contribution in [0.15, 0.2) is 24.3 Å². The molecule has 0 saturated carbocycles. The van der Waals surface area contributed by atoms with Crippen LogP contribution in [-0.4, -0.2) is 13.1 Å². The Morgan fingerprint density at radius 1 is 1.00 bits per heavy atom. The Bertz CT molecular complexity index is 279. The summed E-state index contributed by atoms with van der Waals surface area (Å²) in [6.07, 6.45) is 6.05. The van der Waals surface area contributed by atoms with E-state index in [4.69, 9.17) is 5.73 Å². The van der Waals surface area contributed by atoms with Gasteiger partial charge < -0.3 is 11.1 Å². The van der Waals surface area contributed by atoms with Crippen molar-refractivity contribution >= 4 is 0 Å². The van der Waals surface area contributed by atoms with Crippen LogP contribution in [0.2, 0.25) is 0 Å². The molecule has 3 N–H and O–H groups in total. The van der Waals surface area contributed by atoms with Crippen molar-refractivity contribution in [3.05, 3.63) is 35.4 Å². The first kappa shape index (κ1) is 14.2. The molecule has 0 aliphatic rings. The molecule has 0 saturated heterocycles. The molecule has 0 aliphatic carbocycles. The average Bonchev–Trinajstić information content (AvgIpc) is 2.37. The molecule has 1 rings (SSSR count). The maximum absolute atomic E-state index is 5.45. The second kappa shape index (κ2) is 9.20. The number of unbranched alkanes of at least 4 members (excludes halogenated alkanes) is 2. The Morgan fingerprint density at radius 3 is 2.35 bits per heavy atom. The zero-order chi connectivity index (χ0) is 12.3. The standard InChI is InChI=1S/C15H26N2/c1-2-3-6-14-7-9-15(10-8-14)13-17-12-5-4-11-16/h7-10,17H,2-6,11-13,16H2,1H3. The minimum absolute atomic E-state index is 0.799. The second-order valence-corrected chi connectivity index (χ2v) is 4.59. The molecule has 0 bridgehead atoms. The molecule has 96 valence electrons. The third-order valence-electron chi connectivity index (χ3n) is 2.98. The molecule has 0 unspecified atom stereocenters. The lowest BCUT2D eigenvalue weighted by Crippen LogP contribution is -2.15. The van der Waals surface area contributed by atoms with Gasteiger partial charge >= 0.3 is 0 Å². The Balaban J connectivity index is 2.20. The summed E-state index contributed by atoms with van der Waals surface area (Å²) in [5.74, 6) is 0. The van der Waals surface area contributed by atoms with E-state index in [9.17, 15) is 0 Å². The second-order valence-electron chi connectivity index (χ2n) is 4.59. The van der Waals surface area contributed by atoms with Crippen molar-refractivity contribution in [1.82, 2.24) is 5.32 Å². The van der Waals surface area contributed by atoms with Crippen molar-refractivity contribution in [2.75, 3.05) is 13.1 Å². The monoisotopic (exact) mass is 234 g/mol. The average molecular weight is 234 g/mol. The molecule has 0 heterocycles. The third-order valence-corrected chi connectivity index (χ3v) is 2.98. The molecule has 0 aromatic heterocycles. The van der Waals surface area contributed by atoms with Crippen LogP contribution in [0.1, 0.15) is 43.7 Å². The van der Waals surface area contributed by atoms with Gasteiger partial charge in [-0.2, -0.15) is 0 Å². The number of hydrogen-bond acceptors (Lipinski definition) is 2. The summed E-state index contributed by atoms with van der Waals surface area (Å²) in [4.78, 5) is 0. The molecular formula is C15H26N2. The lowest BCUT2D eigenvalue weighted by molar-refractivity contribution is 0.627. The number of rotatable bonds is 9. The van der Waals surface area contributed by atoms with E-state index in [-0.39, 0.29) is 0 Å². The smallest absolute Gasteiger partial charge is 0.0205 e. The van der Waals surface area contributed by atoms with E-state index in [2.05, 4.69) is 36.5 Å². The van der Waals surface area contributed by atoms with Gasteiger partial charge in [0.1, 0.15) is 0 Å². The molecule has 0 amide bonds. The number of benzene rings is 1. The molecule has 0 aliphatic heterocycles. The van der Waals surface area contributed by atoms with E-state index in [1.807, 2.05) is 0 Å². The molecule has 0 fully saturated rings. The molecular weight excluding hydrogens is 208 g/mol. The van der Waals surface area contributed by atoms with E-state index in [0.29, 0.717) is 0 Å². The van der Waals surface area contributed by atoms with Gasteiger partial charge in [0.05, 0.1) is 0 Å². The van der Waals surface area contributed by atoms with Gasteiger partial charge in [0, 0.05) is 6.54 Å². The van der Waals surface area contributed by atoms with Crippen molar-refractivity contribution in [2.45, 2.75) is 45.6 Å². The first-order valence-corrected chi connectivity index (χ1v) is 6.85. The van der Waals surface area contributed by atoms with Crippen LogP contribution in [0, 0.1) is 0 Å². The minimum atomic E-state index is 0.799. The highest BCUT2D eigenvalue weighted by atomic mass is 14.8. The van der Waals surface area contributed by atoms with Gasteiger partial charge in [0.2, 0.25) is 0 Å². The van der Waals surface area contributed by atoms with Crippen molar-refractivity contribution in [1.29, 1.82) is 0 Å². The first-order valence-electron chi connectivity index (χ1n) is 6.85. The van der Waals surface area contributed by atoms with Crippen LogP contribution >= 0.6 is 0 Å². The third kappa shape index (κ3) is 6.44. The summed E-state index contributed by atoms with van der Waals surface area (Å²) >= 11 is 0. The maximum atomic E-state index is 5.45. The summed E-state index contributed by atoms with van der Waals surface area (Å²) < 4.78 is 0. The number of hydrogen-bond donors (Lipinski definition) is 2. The molecule has 2 heteroatoms. The Kier molecular flexibility index (Phi) is 7.69. The maximum Gasteiger partial charge on any atom is 0.0205 e. The Morgan fingerprint density at radius 2 is 1.71 bits per heavy atom. The molecule has 1 aromatic rings. The van der Waals surface area contributed by atoms with Gasteiger partial charge in [-0.15, -0.1) is 0 Å². The van der Waals surface area contributed by atoms with Crippen LogP contribution < -0.4 is 11.1 Å². The first-order chi connectivity index (χ1) is 8.36. The fourth-order valence-electron chi connectivity index (χ4n) is 1.83. The lowest BCUT2D eigenvalue weighted by atomic mass is 10.1. The van der Waals surface area contributed by atoms with Gasteiger partial charge in [0.25, 0.3) is 0 Å². The summed E-state index contributed by atoms with van der Waals surface area (Å²) in [7, 11) is 0. The zero-order valence-electron chi connectivity index (χ0n) is 11.0. The minimum Gasteiger partial charge on any atom is -0.330 e. The highest BCUT2D eigenvalue weighted by Gasteiger charge is 1.95. The summed E-state index contributed by atoms with van der Waals surface area (Å²) in [5, 5.41) is 3.44. The fourth-order valence-corrected chi connectivity index (χ4v) is 1.83. The van der Waals surface area contributed by atoms with Crippen molar-refractivity contribution in [3.8, 4) is 0 Å². The molecule has 0 spiro atoms. The topological polar surface area (TPSA) is 38.0 Å². The number of nitrogens with one attached hydrogen (secondary N) is 1. The predicted octanol–water partition coefficient (Wildman–Crippen LogP) is 2.86. The normalized spacial score (nSPS) is 10.7. The SMILES string of the molecule is CCCCc1ccc(CNCCCCN)cc1. The van der Waals surface area contributed by atoms with E-state index < -0.39 is 0 Å². The van der Waals surface area contributed by atoms with Gasteiger partial charge in [-0.1, -0.05) is 37.6 Å².